The molecule has 2 fully saturated rings. The molecule has 1 spiro atoms. The summed E-state index contributed by atoms with van der Waals surface area (Å²) in [6, 6.07) is 4.11. The highest BCUT2D eigenvalue weighted by Gasteiger charge is 2.47. The van der Waals surface area contributed by atoms with Crippen molar-refractivity contribution in [1.29, 1.82) is 0 Å². The Bertz CT molecular complexity index is 519. The van der Waals surface area contributed by atoms with E-state index < -0.39 is 0 Å². The Morgan fingerprint density at radius 3 is 2.58 bits per heavy atom. The molecule has 2 aliphatic rings. The van der Waals surface area contributed by atoms with E-state index in [1.165, 1.54) is 25.9 Å². The number of carbonyl (C=O) groups is 1. The van der Waals surface area contributed by atoms with Crippen molar-refractivity contribution in [2.24, 2.45) is 5.41 Å². The number of hydrogen-bond donors (Lipinski definition) is 1. The van der Waals surface area contributed by atoms with Gasteiger partial charge in [0.25, 0.3) is 0 Å². The molecular formula is C19H32N4O. The molecule has 3 rings (SSSR count). The molecule has 1 aromatic rings. The third kappa shape index (κ3) is 4.01. The Labute approximate surface area is 146 Å². The van der Waals surface area contributed by atoms with Crippen molar-refractivity contribution in [3.05, 3.63) is 24.5 Å². The fourth-order valence-electron chi connectivity index (χ4n) is 4.33. The van der Waals surface area contributed by atoms with E-state index >= 15 is 0 Å². The van der Waals surface area contributed by atoms with Crippen LogP contribution in [0.25, 0.3) is 0 Å². The summed E-state index contributed by atoms with van der Waals surface area (Å²) in [7, 11) is 2.21. The lowest BCUT2D eigenvalue weighted by atomic mass is 9.76. The van der Waals surface area contributed by atoms with Crippen LogP contribution in [-0.2, 0) is 11.3 Å². The molecule has 0 radical (unpaired) electrons. The number of rotatable bonds is 6. The Morgan fingerprint density at radius 2 is 1.92 bits per heavy atom. The summed E-state index contributed by atoms with van der Waals surface area (Å²) in [4.78, 5) is 17.6. The highest BCUT2D eigenvalue weighted by molar-refractivity contribution is 5.82. The molecule has 1 atom stereocenters. The molecule has 5 heteroatoms. The number of amides is 1. The molecule has 2 aliphatic heterocycles. The SMILES string of the molecule is CCCN1CC2(CCN(C)CC2)CC1C(=O)NCCn1cccc1. The van der Waals surface area contributed by atoms with E-state index in [2.05, 4.69) is 33.7 Å². The van der Waals surface area contributed by atoms with Crippen LogP contribution in [0.15, 0.2) is 24.5 Å². The van der Waals surface area contributed by atoms with Gasteiger partial charge in [-0.2, -0.15) is 0 Å². The lowest BCUT2D eigenvalue weighted by molar-refractivity contribution is -0.125. The summed E-state index contributed by atoms with van der Waals surface area (Å²) in [5, 5.41) is 3.17. The van der Waals surface area contributed by atoms with Crippen LogP contribution in [0.5, 0.6) is 0 Å². The van der Waals surface area contributed by atoms with Crippen molar-refractivity contribution in [1.82, 2.24) is 19.7 Å². The first-order valence-corrected chi connectivity index (χ1v) is 9.43. The second-order valence-electron chi connectivity index (χ2n) is 7.71. The van der Waals surface area contributed by atoms with Gasteiger partial charge in [-0.25, -0.2) is 0 Å². The second-order valence-corrected chi connectivity index (χ2v) is 7.71. The molecular weight excluding hydrogens is 300 g/mol. The van der Waals surface area contributed by atoms with Gasteiger partial charge in [0.05, 0.1) is 6.04 Å². The zero-order valence-electron chi connectivity index (χ0n) is 15.2. The molecule has 3 heterocycles. The zero-order valence-corrected chi connectivity index (χ0v) is 15.2. The molecule has 1 amide bonds. The normalized spacial score (nSPS) is 24.5. The second kappa shape index (κ2) is 7.70. The Balaban J connectivity index is 1.56. The molecule has 5 nitrogen and oxygen atoms in total. The summed E-state index contributed by atoms with van der Waals surface area (Å²) in [6.07, 6.45) is 8.70. The lowest BCUT2D eigenvalue weighted by Gasteiger charge is -2.37. The molecule has 24 heavy (non-hydrogen) atoms. The molecule has 2 saturated heterocycles. The van der Waals surface area contributed by atoms with Crippen molar-refractivity contribution in [2.45, 2.75) is 45.2 Å². The fourth-order valence-corrected chi connectivity index (χ4v) is 4.33. The number of carbonyl (C=O) groups excluding carboxylic acids is 1. The maximum atomic E-state index is 12.8. The summed E-state index contributed by atoms with van der Waals surface area (Å²) in [6.45, 7) is 8.23. The van der Waals surface area contributed by atoms with Gasteiger partial charge in [-0.05, 0) is 69.9 Å². The van der Waals surface area contributed by atoms with Gasteiger partial charge in [0, 0.05) is 32.0 Å². The quantitative estimate of drug-likeness (QED) is 0.864. The van der Waals surface area contributed by atoms with Gasteiger partial charge < -0.3 is 14.8 Å². The topological polar surface area (TPSA) is 40.5 Å². The van der Waals surface area contributed by atoms with Crippen LogP contribution >= 0.6 is 0 Å². The van der Waals surface area contributed by atoms with Crippen molar-refractivity contribution in [3.8, 4) is 0 Å². The van der Waals surface area contributed by atoms with Crippen LogP contribution in [0.1, 0.15) is 32.6 Å². The molecule has 1 N–H and O–H groups in total. The van der Waals surface area contributed by atoms with Crippen molar-refractivity contribution in [2.75, 3.05) is 39.8 Å². The van der Waals surface area contributed by atoms with E-state index in [0.717, 1.165) is 32.5 Å². The van der Waals surface area contributed by atoms with Gasteiger partial charge in [0.15, 0.2) is 0 Å². The number of nitrogens with one attached hydrogen (secondary N) is 1. The van der Waals surface area contributed by atoms with E-state index in [1.807, 2.05) is 24.5 Å². The number of aromatic nitrogens is 1. The minimum atomic E-state index is 0.0676. The monoisotopic (exact) mass is 332 g/mol. The van der Waals surface area contributed by atoms with Gasteiger partial charge >= 0.3 is 0 Å². The largest absolute Gasteiger partial charge is 0.353 e. The first kappa shape index (κ1) is 17.5. The molecule has 134 valence electrons. The van der Waals surface area contributed by atoms with Crippen LogP contribution in [0.3, 0.4) is 0 Å². The molecule has 1 unspecified atom stereocenters. The Hall–Kier alpha value is -1.33. The summed E-state index contributed by atoms with van der Waals surface area (Å²) in [5.74, 6) is 0.228. The van der Waals surface area contributed by atoms with Gasteiger partial charge in [-0.15, -0.1) is 0 Å². The van der Waals surface area contributed by atoms with Gasteiger partial charge in [0.1, 0.15) is 0 Å². The number of piperidine rings is 1. The van der Waals surface area contributed by atoms with E-state index in [1.54, 1.807) is 0 Å². The van der Waals surface area contributed by atoms with Gasteiger partial charge in [0.2, 0.25) is 5.91 Å². The van der Waals surface area contributed by atoms with E-state index in [0.29, 0.717) is 12.0 Å². The predicted octanol–water partition coefficient (Wildman–Crippen LogP) is 1.80. The third-order valence-electron chi connectivity index (χ3n) is 5.80. The van der Waals surface area contributed by atoms with Crippen LogP contribution < -0.4 is 5.32 Å². The standard InChI is InChI=1S/C19H32N4O/c1-3-9-23-16-19(6-12-21(2)13-7-19)15-17(23)18(24)20-8-14-22-10-4-5-11-22/h4-5,10-11,17H,3,6-9,12-16H2,1-2H3,(H,20,24). The average Bonchev–Trinajstić information content (AvgIpc) is 3.20. The third-order valence-corrected chi connectivity index (χ3v) is 5.80. The summed E-state index contributed by atoms with van der Waals surface area (Å²) < 4.78 is 2.11. The maximum absolute atomic E-state index is 12.8. The van der Waals surface area contributed by atoms with Crippen molar-refractivity contribution < 1.29 is 4.79 Å². The predicted molar refractivity (Wildman–Crippen MR) is 96.9 cm³/mol. The average molecular weight is 332 g/mol. The smallest absolute Gasteiger partial charge is 0.237 e. The van der Waals surface area contributed by atoms with E-state index in [9.17, 15) is 4.79 Å². The van der Waals surface area contributed by atoms with Gasteiger partial charge in [-0.3, -0.25) is 9.69 Å². The lowest BCUT2D eigenvalue weighted by Crippen LogP contribution is -2.44. The first-order valence-electron chi connectivity index (χ1n) is 9.43. The van der Waals surface area contributed by atoms with E-state index in [4.69, 9.17) is 0 Å². The molecule has 0 saturated carbocycles. The number of hydrogen-bond acceptors (Lipinski definition) is 3. The summed E-state index contributed by atoms with van der Waals surface area (Å²) in [5.41, 5.74) is 0.365. The number of nitrogens with zero attached hydrogens (tertiary/aromatic N) is 3. The highest BCUT2D eigenvalue weighted by atomic mass is 16.2. The minimum Gasteiger partial charge on any atom is -0.353 e. The molecule has 0 aliphatic carbocycles. The minimum absolute atomic E-state index is 0.0676. The molecule has 0 aromatic carbocycles. The number of likely N-dealkylation sites (tertiary alicyclic amines) is 2. The van der Waals surface area contributed by atoms with Crippen LogP contribution in [0, 0.1) is 5.41 Å². The highest BCUT2D eigenvalue weighted by Crippen LogP contribution is 2.43. The Morgan fingerprint density at radius 1 is 1.21 bits per heavy atom. The van der Waals surface area contributed by atoms with Crippen LogP contribution in [0.2, 0.25) is 0 Å². The van der Waals surface area contributed by atoms with Crippen LogP contribution in [-0.4, -0.2) is 66.1 Å². The molecule has 0 bridgehead atoms. The van der Waals surface area contributed by atoms with E-state index in [-0.39, 0.29) is 11.9 Å². The summed E-state index contributed by atoms with van der Waals surface area (Å²) >= 11 is 0. The van der Waals surface area contributed by atoms with Crippen LogP contribution in [0.4, 0.5) is 0 Å². The first-order chi connectivity index (χ1) is 11.6. The van der Waals surface area contributed by atoms with Crippen molar-refractivity contribution >= 4 is 5.91 Å². The Kier molecular flexibility index (Phi) is 5.61. The zero-order chi connectivity index (χ0) is 17.0. The van der Waals surface area contributed by atoms with Gasteiger partial charge in [-0.1, -0.05) is 6.92 Å². The fraction of sp³-hybridized carbons (Fsp3) is 0.737. The maximum Gasteiger partial charge on any atom is 0.237 e. The van der Waals surface area contributed by atoms with Crippen molar-refractivity contribution in [3.63, 3.8) is 0 Å². The molecule has 1 aromatic heterocycles.